The van der Waals surface area contributed by atoms with Gasteiger partial charge in [-0.2, -0.15) is 0 Å². The van der Waals surface area contributed by atoms with E-state index in [0.717, 1.165) is 15.7 Å². The van der Waals surface area contributed by atoms with E-state index in [1.807, 2.05) is 0 Å². The zero-order valence-electron chi connectivity index (χ0n) is 19.8. The van der Waals surface area contributed by atoms with Gasteiger partial charge in [-0.05, 0) is 41.8 Å². The molecule has 0 saturated heterocycles. The van der Waals surface area contributed by atoms with Crippen LogP contribution >= 0.6 is 0 Å². The second-order valence-electron chi connectivity index (χ2n) is 7.85. The molecule has 0 aliphatic rings. The molecule has 0 spiro atoms. The molecule has 0 unspecified atom stereocenters. The molecular formula is C25H29N5O5. The Morgan fingerprint density at radius 1 is 0.857 bits per heavy atom. The Morgan fingerprint density at radius 3 is 1.86 bits per heavy atom. The molecule has 1 heterocycles. The molecule has 0 radical (unpaired) electrons. The second kappa shape index (κ2) is 11.7. The standard InChI is InChI=1S/C25H29N5O5/c1-34-19-9-5-17(6-10-19)15-29-21(22(31)4-3-13-28-24(26)27)14-23(32)30(25(29)33)16-18-7-11-20(35-2)12-8-18/h5-12,14H,3-4,13,15-16H2,1-2H3,(H4,26,27,28). The average molecular weight is 480 g/mol. The van der Waals surface area contributed by atoms with Gasteiger partial charge in [-0.25, -0.2) is 4.79 Å². The van der Waals surface area contributed by atoms with Gasteiger partial charge in [-0.3, -0.25) is 23.7 Å². The molecule has 3 rings (SSSR count). The van der Waals surface area contributed by atoms with E-state index in [-0.39, 0.29) is 43.5 Å². The number of nitrogens with two attached hydrogens (primary N) is 2. The largest absolute Gasteiger partial charge is 0.497 e. The van der Waals surface area contributed by atoms with Crippen LogP contribution < -0.4 is 32.2 Å². The predicted molar refractivity (Wildman–Crippen MR) is 133 cm³/mol. The maximum Gasteiger partial charge on any atom is 0.332 e. The van der Waals surface area contributed by atoms with Crippen molar-refractivity contribution < 1.29 is 14.3 Å². The van der Waals surface area contributed by atoms with Crippen LogP contribution in [0.1, 0.15) is 34.5 Å². The first-order chi connectivity index (χ1) is 16.8. The molecule has 35 heavy (non-hydrogen) atoms. The summed E-state index contributed by atoms with van der Waals surface area (Å²) < 4.78 is 12.8. The van der Waals surface area contributed by atoms with E-state index in [9.17, 15) is 14.4 Å². The first kappa shape index (κ1) is 25.3. The molecule has 10 heteroatoms. The Bertz CT molecular complexity index is 1300. The van der Waals surface area contributed by atoms with Crippen LogP contribution in [0.4, 0.5) is 0 Å². The smallest absolute Gasteiger partial charge is 0.332 e. The molecule has 2 aromatic carbocycles. The zero-order chi connectivity index (χ0) is 25.4. The third-order valence-corrected chi connectivity index (χ3v) is 5.42. The third kappa shape index (κ3) is 6.59. The topological polar surface area (TPSA) is 144 Å². The maximum absolute atomic E-state index is 13.5. The van der Waals surface area contributed by atoms with Gasteiger partial charge in [0.1, 0.15) is 11.5 Å². The summed E-state index contributed by atoms with van der Waals surface area (Å²) in [6, 6.07) is 15.4. The molecule has 0 atom stereocenters. The Kier molecular flexibility index (Phi) is 8.44. The van der Waals surface area contributed by atoms with Crippen LogP contribution in [0, 0.1) is 0 Å². The molecular weight excluding hydrogens is 450 g/mol. The van der Waals surface area contributed by atoms with Crippen molar-refractivity contribution in [1.29, 1.82) is 0 Å². The van der Waals surface area contributed by atoms with Crippen molar-refractivity contribution in [3.05, 3.63) is 92.3 Å². The molecule has 0 saturated carbocycles. The summed E-state index contributed by atoms with van der Waals surface area (Å²) in [6.07, 6.45) is 0.461. The third-order valence-electron chi connectivity index (χ3n) is 5.42. The van der Waals surface area contributed by atoms with Crippen molar-refractivity contribution >= 4 is 11.7 Å². The van der Waals surface area contributed by atoms with Crippen LogP contribution in [0.15, 0.2) is 69.2 Å². The van der Waals surface area contributed by atoms with Gasteiger partial charge in [0.05, 0.1) is 33.0 Å². The highest BCUT2D eigenvalue weighted by atomic mass is 16.5. The summed E-state index contributed by atoms with van der Waals surface area (Å²) in [5, 5.41) is 0. The normalized spacial score (nSPS) is 10.6. The zero-order valence-corrected chi connectivity index (χ0v) is 19.8. The van der Waals surface area contributed by atoms with E-state index in [2.05, 4.69) is 4.99 Å². The van der Waals surface area contributed by atoms with Crippen molar-refractivity contribution in [1.82, 2.24) is 9.13 Å². The first-order valence-electron chi connectivity index (χ1n) is 11.0. The first-order valence-corrected chi connectivity index (χ1v) is 11.0. The number of carbonyl (C=O) groups is 1. The van der Waals surface area contributed by atoms with Crippen molar-refractivity contribution in [3.63, 3.8) is 0 Å². The number of ether oxygens (including phenoxy) is 2. The molecule has 10 nitrogen and oxygen atoms in total. The SMILES string of the molecule is COc1ccc(Cn2c(C(=O)CCCN=C(N)N)cc(=O)n(Cc3ccc(OC)cc3)c2=O)cc1. The average Bonchev–Trinajstić information content (AvgIpc) is 2.86. The number of guanidine groups is 1. The minimum atomic E-state index is -0.572. The number of ketones is 1. The van der Waals surface area contributed by atoms with Crippen molar-refractivity contribution in [2.75, 3.05) is 20.8 Å². The van der Waals surface area contributed by atoms with E-state index in [1.165, 1.54) is 10.6 Å². The number of aliphatic imine (C=N–C) groups is 1. The van der Waals surface area contributed by atoms with Gasteiger partial charge in [0.2, 0.25) is 0 Å². The second-order valence-corrected chi connectivity index (χ2v) is 7.85. The molecule has 184 valence electrons. The van der Waals surface area contributed by atoms with Gasteiger partial charge in [0, 0.05) is 19.0 Å². The van der Waals surface area contributed by atoms with Crippen LogP contribution in [0.5, 0.6) is 11.5 Å². The summed E-state index contributed by atoms with van der Waals surface area (Å²) in [5.74, 6) is 0.936. The van der Waals surface area contributed by atoms with Crippen LogP contribution in [0.3, 0.4) is 0 Å². The number of rotatable bonds is 11. The Labute approximate surface area is 202 Å². The molecule has 3 aromatic rings. The number of carbonyl (C=O) groups excluding carboxylic acids is 1. The predicted octanol–water partition coefficient (Wildman–Crippen LogP) is 1.36. The highest BCUT2D eigenvalue weighted by Gasteiger charge is 2.18. The molecule has 0 aliphatic carbocycles. The van der Waals surface area contributed by atoms with Crippen LogP contribution in [-0.4, -0.2) is 41.6 Å². The number of benzene rings is 2. The lowest BCUT2D eigenvalue weighted by Crippen LogP contribution is -2.42. The minimum Gasteiger partial charge on any atom is -0.497 e. The fourth-order valence-electron chi connectivity index (χ4n) is 3.55. The van der Waals surface area contributed by atoms with Crippen molar-refractivity contribution in [2.45, 2.75) is 25.9 Å². The number of hydrogen-bond acceptors (Lipinski definition) is 6. The van der Waals surface area contributed by atoms with Crippen molar-refractivity contribution in [2.24, 2.45) is 16.5 Å². The maximum atomic E-state index is 13.5. The number of methoxy groups -OCH3 is 2. The summed E-state index contributed by atoms with van der Waals surface area (Å²) in [4.78, 5) is 43.2. The fraction of sp³-hybridized carbons (Fsp3) is 0.280. The van der Waals surface area contributed by atoms with E-state index in [4.69, 9.17) is 20.9 Å². The van der Waals surface area contributed by atoms with Gasteiger partial charge in [-0.15, -0.1) is 0 Å². The van der Waals surface area contributed by atoms with Crippen LogP contribution in [0.25, 0.3) is 0 Å². The number of Topliss-reactive ketones (excluding diaryl/α,β-unsaturated/α-hetero) is 1. The van der Waals surface area contributed by atoms with E-state index < -0.39 is 11.2 Å². The highest BCUT2D eigenvalue weighted by Crippen LogP contribution is 2.14. The number of aromatic nitrogens is 2. The summed E-state index contributed by atoms with van der Waals surface area (Å²) in [6.45, 7) is 0.440. The number of nitrogens with zero attached hydrogens (tertiary/aromatic N) is 3. The molecule has 1 aromatic heterocycles. The van der Waals surface area contributed by atoms with E-state index in [0.29, 0.717) is 17.9 Å². The van der Waals surface area contributed by atoms with E-state index >= 15 is 0 Å². The summed E-state index contributed by atoms with van der Waals surface area (Å²) in [7, 11) is 3.12. The Morgan fingerprint density at radius 2 is 1.37 bits per heavy atom. The molecule has 0 aliphatic heterocycles. The Balaban J connectivity index is 1.99. The van der Waals surface area contributed by atoms with Gasteiger partial charge in [0.15, 0.2) is 11.7 Å². The highest BCUT2D eigenvalue weighted by molar-refractivity contribution is 5.94. The van der Waals surface area contributed by atoms with Crippen LogP contribution in [0.2, 0.25) is 0 Å². The fourth-order valence-corrected chi connectivity index (χ4v) is 3.55. The summed E-state index contributed by atoms with van der Waals surface area (Å²) >= 11 is 0. The van der Waals surface area contributed by atoms with Gasteiger partial charge in [0.25, 0.3) is 5.56 Å². The van der Waals surface area contributed by atoms with Gasteiger partial charge < -0.3 is 20.9 Å². The summed E-state index contributed by atoms with van der Waals surface area (Å²) in [5.41, 5.74) is 11.1. The number of hydrogen-bond donors (Lipinski definition) is 2. The monoisotopic (exact) mass is 479 g/mol. The van der Waals surface area contributed by atoms with E-state index in [1.54, 1.807) is 62.8 Å². The molecule has 0 amide bonds. The lowest BCUT2D eigenvalue weighted by Gasteiger charge is -2.15. The minimum absolute atomic E-state index is 0.0477. The molecule has 0 bridgehead atoms. The van der Waals surface area contributed by atoms with Crippen LogP contribution in [-0.2, 0) is 13.1 Å². The lowest BCUT2D eigenvalue weighted by molar-refractivity contribution is 0.0970. The van der Waals surface area contributed by atoms with Crippen molar-refractivity contribution in [3.8, 4) is 11.5 Å². The lowest BCUT2D eigenvalue weighted by atomic mass is 10.1. The molecule has 0 fully saturated rings. The molecule has 4 N–H and O–H groups in total. The quantitative estimate of drug-likeness (QED) is 0.183. The Hall–Kier alpha value is -4.34. The van der Waals surface area contributed by atoms with Gasteiger partial charge in [-0.1, -0.05) is 24.3 Å². The van der Waals surface area contributed by atoms with Gasteiger partial charge >= 0.3 is 5.69 Å².